The third-order valence-corrected chi connectivity index (χ3v) is 6.06. The monoisotopic (exact) mass is 249 g/mol. The van der Waals surface area contributed by atoms with Crippen molar-refractivity contribution < 1.29 is 0 Å². The molecule has 1 N–H and O–H groups in total. The maximum atomic E-state index is 4.08. The minimum Gasteiger partial charge on any atom is -0.311 e. The highest BCUT2D eigenvalue weighted by Crippen LogP contribution is 2.51. The van der Waals surface area contributed by atoms with E-state index in [2.05, 4.69) is 5.32 Å². The summed E-state index contributed by atoms with van der Waals surface area (Å²) in [5, 5.41) is 4.08. The van der Waals surface area contributed by atoms with Gasteiger partial charge in [0.2, 0.25) is 0 Å². The van der Waals surface area contributed by atoms with Gasteiger partial charge in [0.05, 0.1) is 0 Å². The van der Waals surface area contributed by atoms with Gasteiger partial charge in [0, 0.05) is 12.1 Å². The first kappa shape index (κ1) is 13.0. The minimum atomic E-state index is 0.751. The molecule has 0 bridgehead atoms. The SMILES string of the molecule is C1CCCC(NC2CCC23CCCCC3)CCC1. The van der Waals surface area contributed by atoms with Crippen molar-refractivity contribution in [3.05, 3.63) is 0 Å². The van der Waals surface area contributed by atoms with E-state index in [0.29, 0.717) is 0 Å². The molecule has 0 amide bonds. The standard InChI is InChI=1S/C17H31N/c1-2-5-9-15(10-6-3-1)18-16-11-14-17(16)12-7-4-8-13-17/h15-16,18H,1-14H2. The second-order valence-corrected chi connectivity index (χ2v) is 7.22. The Bertz CT molecular complexity index is 246. The summed E-state index contributed by atoms with van der Waals surface area (Å²) in [6.45, 7) is 0. The Labute approximate surface area is 113 Å². The lowest BCUT2D eigenvalue weighted by Crippen LogP contribution is -2.57. The van der Waals surface area contributed by atoms with Crippen LogP contribution in [-0.2, 0) is 0 Å². The number of rotatable bonds is 2. The molecule has 0 saturated heterocycles. The van der Waals surface area contributed by atoms with E-state index in [9.17, 15) is 0 Å². The van der Waals surface area contributed by atoms with Crippen LogP contribution >= 0.6 is 0 Å². The van der Waals surface area contributed by atoms with Gasteiger partial charge in [-0.05, 0) is 43.9 Å². The Hall–Kier alpha value is -0.0400. The van der Waals surface area contributed by atoms with E-state index in [1.807, 2.05) is 0 Å². The molecule has 3 aliphatic rings. The topological polar surface area (TPSA) is 12.0 Å². The highest BCUT2D eigenvalue weighted by molar-refractivity contribution is 5.02. The van der Waals surface area contributed by atoms with E-state index in [1.54, 1.807) is 0 Å². The van der Waals surface area contributed by atoms with Crippen LogP contribution in [0.15, 0.2) is 0 Å². The second kappa shape index (κ2) is 5.94. The molecular formula is C17H31N. The van der Waals surface area contributed by atoms with Crippen LogP contribution in [0.2, 0.25) is 0 Å². The third kappa shape index (κ3) is 2.76. The Morgan fingerprint density at radius 2 is 1.22 bits per heavy atom. The van der Waals surface area contributed by atoms with Crippen LogP contribution in [0.25, 0.3) is 0 Å². The molecule has 0 aromatic rings. The predicted molar refractivity (Wildman–Crippen MR) is 77.8 cm³/mol. The molecule has 0 aromatic carbocycles. The van der Waals surface area contributed by atoms with Crippen LogP contribution in [0.3, 0.4) is 0 Å². The predicted octanol–water partition coefficient (Wildman–Crippen LogP) is 4.80. The summed E-state index contributed by atoms with van der Waals surface area (Å²) >= 11 is 0. The summed E-state index contributed by atoms with van der Waals surface area (Å²) < 4.78 is 0. The zero-order valence-corrected chi connectivity index (χ0v) is 12.1. The molecule has 18 heavy (non-hydrogen) atoms. The van der Waals surface area contributed by atoms with Gasteiger partial charge in [0.25, 0.3) is 0 Å². The van der Waals surface area contributed by atoms with E-state index in [4.69, 9.17) is 0 Å². The van der Waals surface area contributed by atoms with Gasteiger partial charge >= 0.3 is 0 Å². The number of nitrogens with one attached hydrogen (secondary N) is 1. The molecule has 3 fully saturated rings. The largest absolute Gasteiger partial charge is 0.311 e. The van der Waals surface area contributed by atoms with Crippen molar-refractivity contribution in [1.82, 2.24) is 5.32 Å². The van der Waals surface area contributed by atoms with Crippen molar-refractivity contribution in [3.63, 3.8) is 0 Å². The Morgan fingerprint density at radius 1 is 0.611 bits per heavy atom. The molecule has 1 atom stereocenters. The zero-order valence-electron chi connectivity index (χ0n) is 12.1. The van der Waals surface area contributed by atoms with Crippen molar-refractivity contribution in [1.29, 1.82) is 0 Å². The summed E-state index contributed by atoms with van der Waals surface area (Å²) in [6, 6.07) is 1.75. The smallest absolute Gasteiger partial charge is 0.0126 e. The Morgan fingerprint density at radius 3 is 1.83 bits per heavy atom. The maximum absolute atomic E-state index is 4.08. The summed E-state index contributed by atoms with van der Waals surface area (Å²) in [6.07, 6.45) is 20.8. The molecule has 3 rings (SSSR count). The average molecular weight is 249 g/mol. The normalized spacial score (nSPS) is 33.7. The minimum absolute atomic E-state index is 0.751. The molecule has 1 heteroatoms. The van der Waals surface area contributed by atoms with Crippen molar-refractivity contribution in [2.75, 3.05) is 0 Å². The molecule has 3 saturated carbocycles. The summed E-state index contributed by atoms with van der Waals surface area (Å²) in [4.78, 5) is 0. The molecule has 104 valence electrons. The summed E-state index contributed by atoms with van der Waals surface area (Å²) in [5.74, 6) is 0. The fourth-order valence-electron chi connectivity index (χ4n) is 4.72. The maximum Gasteiger partial charge on any atom is 0.0126 e. The van der Waals surface area contributed by atoms with Crippen LogP contribution in [0.1, 0.15) is 89.9 Å². The van der Waals surface area contributed by atoms with Gasteiger partial charge in [0.1, 0.15) is 0 Å². The van der Waals surface area contributed by atoms with Crippen LogP contribution in [0.5, 0.6) is 0 Å². The van der Waals surface area contributed by atoms with Crippen LogP contribution < -0.4 is 5.32 Å². The van der Waals surface area contributed by atoms with E-state index in [1.165, 1.54) is 89.9 Å². The first-order chi connectivity index (χ1) is 8.89. The van der Waals surface area contributed by atoms with E-state index in [-0.39, 0.29) is 0 Å². The molecule has 1 nitrogen and oxygen atoms in total. The molecular weight excluding hydrogens is 218 g/mol. The van der Waals surface area contributed by atoms with E-state index < -0.39 is 0 Å². The molecule has 0 heterocycles. The lowest BCUT2D eigenvalue weighted by Gasteiger charge is -2.53. The van der Waals surface area contributed by atoms with Crippen LogP contribution in [-0.4, -0.2) is 12.1 Å². The lowest BCUT2D eigenvalue weighted by molar-refractivity contribution is 0.0145. The molecule has 0 aliphatic heterocycles. The highest BCUT2D eigenvalue weighted by Gasteiger charge is 2.47. The quantitative estimate of drug-likeness (QED) is 0.741. The molecule has 0 aromatic heterocycles. The molecule has 1 unspecified atom stereocenters. The van der Waals surface area contributed by atoms with Gasteiger partial charge in [-0.1, -0.05) is 51.4 Å². The van der Waals surface area contributed by atoms with Gasteiger partial charge in [-0.15, -0.1) is 0 Å². The lowest BCUT2D eigenvalue weighted by atomic mass is 9.57. The Balaban J connectivity index is 1.51. The fourth-order valence-corrected chi connectivity index (χ4v) is 4.72. The highest BCUT2D eigenvalue weighted by atomic mass is 15.0. The van der Waals surface area contributed by atoms with Crippen molar-refractivity contribution in [2.45, 2.75) is 102 Å². The third-order valence-electron chi connectivity index (χ3n) is 6.06. The van der Waals surface area contributed by atoms with Crippen LogP contribution in [0.4, 0.5) is 0 Å². The van der Waals surface area contributed by atoms with E-state index >= 15 is 0 Å². The van der Waals surface area contributed by atoms with Crippen molar-refractivity contribution >= 4 is 0 Å². The molecule has 0 radical (unpaired) electrons. The number of hydrogen-bond donors (Lipinski definition) is 1. The second-order valence-electron chi connectivity index (χ2n) is 7.22. The zero-order chi connectivity index (χ0) is 12.3. The molecule has 1 spiro atoms. The summed E-state index contributed by atoms with van der Waals surface area (Å²) in [7, 11) is 0. The van der Waals surface area contributed by atoms with Gasteiger partial charge in [-0.3, -0.25) is 0 Å². The van der Waals surface area contributed by atoms with Gasteiger partial charge in [0.15, 0.2) is 0 Å². The number of hydrogen-bond acceptors (Lipinski definition) is 1. The Kier molecular flexibility index (Phi) is 4.28. The van der Waals surface area contributed by atoms with Gasteiger partial charge in [-0.2, -0.15) is 0 Å². The van der Waals surface area contributed by atoms with Crippen molar-refractivity contribution in [3.8, 4) is 0 Å². The summed E-state index contributed by atoms with van der Waals surface area (Å²) in [5.41, 5.74) is 0.751. The van der Waals surface area contributed by atoms with E-state index in [0.717, 1.165) is 17.5 Å². The average Bonchev–Trinajstić information content (AvgIpc) is 2.37. The van der Waals surface area contributed by atoms with Gasteiger partial charge in [-0.25, -0.2) is 0 Å². The first-order valence-corrected chi connectivity index (χ1v) is 8.65. The molecule has 3 aliphatic carbocycles. The fraction of sp³-hybridized carbons (Fsp3) is 1.00. The first-order valence-electron chi connectivity index (χ1n) is 8.65. The van der Waals surface area contributed by atoms with Crippen LogP contribution in [0, 0.1) is 5.41 Å². The van der Waals surface area contributed by atoms with Crippen molar-refractivity contribution in [2.24, 2.45) is 5.41 Å². The van der Waals surface area contributed by atoms with Gasteiger partial charge < -0.3 is 5.32 Å².